The molecule has 0 spiro atoms. The number of benzene rings is 1. The monoisotopic (exact) mass is 414 g/mol. The summed E-state index contributed by atoms with van der Waals surface area (Å²) in [5.74, 6) is 0. The molecule has 3 nitrogen and oxygen atoms in total. The average molecular weight is 415 g/mol. The standard InChI is InChI=1S/C21H29F3N2OS/c1-3-13-25-14-4-15-27-19-11-9-18(10-12-19)26(2)20(28)16-5-7-17(8-6-16)21(22,23)24/h3,5-8,18-19,25H,1,4,9-15H2,2H3. The van der Waals surface area contributed by atoms with Crippen molar-refractivity contribution in [2.45, 2.75) is 50.4 Å². The van der Waals surface area contributed by atoms with Crippen molar-refractivity contribution in [1.82, 2.24) is 10.2 Å². The predicted octanol–water partition coefficient (Wildman–Crippen LogP) is 4.81. The van der Waals surface area contributed by atoms with Gasteiger partial charge in [0.05, 0.1) is 11.7 Å². The smallest absolute Gasteiger partial charge is 0.378 e. The summed E-state index contributed by atoms with van der Waals surface area (Å²) in [6, 6.07) is 5.38. The van der Waals surface area contributed by atoms with Crippen LogP contribution in [0.25, 0.3) is 0 Å². The second-order valence-corrected chi connectivity index (χ2v) is 7.53. The van der Waals surface area contributed by atoms with Gasteiger partial charge in [-0.1, -0.05) is 30.4 Å². The predicted molar refractivity (Wildman–Crippen MR) is 111 cm³/mol. The summed E-state index contributed by atoms with van der Waals surface area (Å²) in [5, 5.41) is 3.25. The number of hydrogen-bond acceptors (Lipinski definition) is 3. The molecule has 1 aliphatic rings. The van der Waals surface area contributed by atoms with E-state index in [0.717, 1.165) is 63.9 Å². The second kappa shape index (κ2) is 10.9. The molecule has 0 aromatic heterocycles. The fraction of sp³-hybridized carbons (Fsp3) is 0.571. The van der Waals surface area contributed by atoms with E-state index >= 15 is 0 Å². The largest absolute Gasteiger partial charge is 0.416 e. The first kappa shape index (κ1) is 22.8. The van der Waals surface area contributed by atoms with Gasteiger partial charge >= 0.3 is 6.18 Å². The van der Waals surface area contributed by atoms with Crippen LogP contribution in [0.1, 0.15) is 43.2 Å². The van der Waals surface area contributed by atoms with Crippen LogP contribution in [0.2, 0.25) is 0 Å². The van der Waals surface area contributed by atoms with Crippen LogP contribution in [0.3, 0.4) is 0 Å². The Hall–Kier alpha value is -1.44. The third-order valence-electron chi connectivity index (χ3n) is 5.11. The van der Waals surface area contributed by atoms with Crippen LogP contribution in [-0.2, 0) is 10.9 Å². The lowest BCUT2D eigenvalue weighted by atomic mass is 9.91. The van der Waals surface area contributed by atoms with Gasteiger partial charge in [-0.25, -0.2) is 0 Å². The minimum Gasteiger partial charge on any atom is -0.378 e. The fourth-order valence-electron chi connectivity index (χ4n) is 3.42. The first-order valence-electron chi connectivity index (χ1n) is 9.70. The molecule has 28 heavy (non-hydrogen) atoms. The van der Waals surface area contributed by atoms with Crippen molar-refractivity contribution in [2.75, 3.05) is 26.7 Å². The molecule has 1 aromatic carbocycles. The highest BCUT2D eigenvalue weighted by atomic mass is 32.1. The summed E-state index contributed by atoms with van der Waals surface area (Å²) in [4.78, 5) is 2.61. The van der Waals surface area contributed by atoms with E-state index in [4.69, 9.17) is 17.0 Å². The van der Waals surface area contributed by atoms with Crippen LogP contribution in [0, 0.1) is 0 Å². The van der Waals surface area contributed by atoms with Gasteiger partial charge in [0, 0.05) is 31.8 Å². The van der Waals surface area contributed by atoms with E-state index in [1.54, 1.807) is 0 Å². The van der Waals surface area contributed by atoms with Crippen molar-refractivity contribution >= 4 is 17.2 Å². The van der Waals surface area contributed by atoms with Crippen LogP contribution < -0.4 is 5.32 Å². The summed E-state index contributed by atoms with van der Waals surface area (Å²) in [6.45, 7) is 6.15. The molecule has 1 N–H and O–H groups in total. The van der Waals surface area contributed by atoms with Crippen LogP contribution in [0.4, 0.5) is 13.2 Å². The average Bonchev–Trinajstić information content (AvgIpc) is 2.69. The molecule has 0 bridgehead atoms. The number of ether oxygens (including phenoxy) is 1. The maximum Gasteiger partial charge on any atom is 0.416 e. The zero-order chi connectivity index (χ0) is 20.6. The van der Waals surface area contributed by atoms with Crippen molar-refractivity contribution in [3.63, 3.8) is 0 Å². The summed E-state index contributed by atoms with van der Waals surface area (Å²) >= 11 is 5.51. The lowest BCUT2D eigenvalue weighted by Gasteiger charge is -2.36. The van der Waals surface area contributed by atoms with Gasteiger partial charge in [-0.3, -0.25) is 0 Å². The first-order chi connectivity index (χ1) is 13.3. The third kappa shape index (κ3) is 6.87. The number of hydrogen-bond donors (Lipinski definition) is 1. The van der Waals surface area contributed by atoms with Gasteiger partial charge in [-0.05, 0) is 50.8 Å². The van der Waals surface area contributed by atoms with E-state index in [1.807, 2.05) is 18.0 Å². The molecular weight excluding hydrogens is 385 g/mol. The quantitative estimate of drug-likeness (QED) is 0.356. The minimum absolute atomic E-state index is 0.281. The van der Waals surface area contributed by atoms with Crippen LogP contribution in [-0.4, -0.2) is 48.8 Å². The highest BCUT2D eigenvalue weighted by Crippen LogP contribution is 2.30. The molecule has 1 saturated carbocycles. The van der Waals surface area contributed by atoms with Crippen LogP contribution >= 0.6 is 12.2 Å². The van der Waals surface area contributed by atoms with Gasteiger partial charge in [-0.15, -0.1) is 6.58 Å². The highest BCUT2D eigenvalue weighted by Gasteiger charge is 2.30. The molecule has 7 heteroatoms. The topological polar surface area (TPSA) is 24.5 Å². The van der Waals surface area contributed by atoms with E-state index < -0.39 is 11.7 Å². The highest BCUT2D eigenvalue weighted by molar-refractivity contribution is 7.80. The van der Waals surface area contributed by atoms with Crippen molar-refractivity contribution in [2.24, 2.45) is 0 Å². The number of nitrogens with one attached hydrogen (secondary N) is 1. The van der Waals surface area contributed by atoms with Gasteiger partial charge in [0.1, 0.15) is 4.99 Å². The second-order valence-electron chi connectivity index (χ2n) is 7.14. The number of thiocarbonyl (C=S) groups is 1. The molecule has 1 fully saturated rings. The Morgan fingerprint density at radius 1 is 1.25 bits per heavy atom. The van der Waals surface area contributed by atoms with Crippen LogP contribution in [0.5, 0.6) is 0 Å². The Labute approximate surface area is 170 Å². The third-order valence-corrected chi connectivity index (χ3v) is 5.63. The Kier molecular flexibility index (Phi) is 8.92. The van der Waals surface area contributed by atoms with Crippen LogP contribution in [0.15, 0.2) is 36.9 Å². The van der Waals surface area contributed by atoms with E-state index in [2.05, 4.69) is 11.9 Å². The zero-order valence-corrected chi connectivity index (χ0v) is 17.1. The molecule has 0 heterocycles. The lowest BCUT2D eigenvalue weighted by Crippen LogP contribution is -2.40. The zero-order valence-electron chi connectivity index (χ0n) is 16.3. The van der Waals surface area contributed by atoms with E-state index in [-0.39, 0.29) is 6.10 Å². The van der Waals surface area contributed by atoms with E-state index in [0.29, 0.717) is 16.6 Å². The molecule has 0 radical (unpaired) electrons. The first-order valence-corrected chi connectivity index (χ1v) is 10.1. The molecule has 2 rings (SSSR count). The Morgan fingerprint density at radius 3 is 2.46 bits per heavy atom. The maximum atomic E-state index is 12.7. The SMILES string of the molecule is C=CCNCCCOC1CCC(N(C)C(=S)c2ccc(C(F)(F)F)cc2)CC1. The van der Waals surface area contributed by atoms with Crippen molar-refractivity contribution in [3.8, 4) is 0 Å². The van der Waals surface area contributed by atoms with E-state index in [9.17, 15) is 13.2 Å². The molecule has 0 saturated heterocycles. The Balaban J connectivity index is 1.75. The van der Waals surface area contributed by atoms with E-state index in [1.165, 1.54) is 12.1 Å². The number of nitrogens with zero attached hydrogens (tertiary/aromatic N) is 1. The molecular formula is C21H29F3N2OS. The van der Waals surface area contributed by atoms with Crippen molar-refractivity contribution in [1.29, 1.82) is 0 Å². The number of halogens is 3. The summed E-state index contributed by atoms with van der Waals surface area (Å²) in [7, 11) is 1.93. The normalized spacial score (nSPS) is 20.0. The van der Waals surface area contributed by atoms with Crippen molar-refractivity contribution in [3.05, 3.63) is 48.0 Å². The molecule has 1 aromatic rings. The fourth-order valence-corrected chi connectivity index (χ4v) is 3.71. The summed E-state index contributed by atoms with van der Waals surface area (Å²) in [5.41, 5.74) is -0.00468. The maximum absolute atomic E-state index is 12.7. The number of alkyl halides is 3. The van der Waals surface area contributed by atoms with Gasteiger partial charge in [-0.2, -0.15) is 13.2 Å². The van der Waals surface area contributed by atoms with Crippen molar-refractivity contribution < 1.29 is 17.9 Å². The molecule has 156 valence electrons. The molecule has 0 unspecified atom stereocenters. The molecule has 0 aliphatic heterocycles. The molecule has 1 aliphatic carbocycles. The lowest BCUT2D eigenvalue weighted by molar-refractivity contribution is -0.137. The summed E-state index contributed by atoms with van der Waals surface area (Å²) in [6.07, 6.45) is 2.66. The minimum atomic E-state index is -4.33. The van der Waals surface area contributed by atoms with Gasteiger partial charge < -0.3 is 15.0 Å². The Morgan fingerprint density at radius 2 is 1.89 bits per heavy atom. The number of rotatable bonds is 9. The van der Waals surface area contributed by atoms with Gasteiger partial charge in [0.15, 0.2) is 0 Å². The Bertz CT molecular complexity index is 626. The van der Waals surface area contributed by atoms with Gasteiger partial charge in [0.25, 0.3) is 0 Å². The summed E-state index contributed by atoms with van der Waals surface area (Å²) < 4.78 is 44.1. The molecule has 0 amide bonds. The van der Waals surface area contributed by atoms with Gasteiger partial charge in [0.2, 0.25) is 0 Å². The molecule has 0 atom stereocenters.